The molecule has 1 amide bonds. The molecule has 0 unspecified atom stereocenters. The summed E-state index contributed by atoms with van der Waals surface area (Å²) in [5.41, 5.74) is 0.947. The number of hydrogen-bond acceptors (Lipinski definition) is 3. The van der Waals surface area contributed by atoms with Crippen molar-refractivity contribution in [2.45, 2.75) is 4.90 Å². The van der Waals surface area contributed by atoms with Crippen LogP contribution in [-0.4, -0.2) is 48.4 Å². The van der Waals surface area contributed by atoms with E-state index in [0.29, 0.717) is 11.3 Å². The van der Waals surface area contributed by atoms with E-state index in [0.717, 1.165) is 0 Å². The van der Waals surface area contributed by atoms with Crippen LogP contribution in [-0.2, 0) is 10.1 Å². The minimum Gasteiger partial charge on any atom is -0.322 e. The van der Waals surface area contributed by atoms with Crippen LogP contribution in [0.15, 0.2) is 59.5 Å². The fourth-order valence-electron chi connectivity index (χ4n) is 1.50. The van der Waals surface area contributed by atoms with Crippen LogP contribution in [0, 0.1) is 0 Å². The van der Waals surface area contributed by atoms with Crippen molar-refractivity contribution in [3.63, 3.8) is 0 Å². The molecule has 99 valence electrons. The number of anilines is 1. The van der Waals surface area contributed by atoms with E-state index < -0.39 is 10.1 Å². The molecule has 0 spiro atoms. The first-order valence-electron chi connectivity index (χ1n) is 5.41. The Kier molecular flexibility index (Phi) is 5.91. The fraction of sp³-hybridized carbons (Fsp3) is 0. The zero-order valence-corrected chi connectivity index (χ0v) is 13.6. The molecule has 0 bridgehead atoms. The van der Waals surface area contributed by atoms with Crippen LogP contribution in [0.25, 0.3) is 0 Å². The van der Waals surface area contributed by atoms with E-state index in [4.69, 9.17) is 4.55 Å². The number of rotatable bonds is 3. The Morgan fingerprint density at radius 1 is 0.950 bits per heavy atom. The van der Waals surface area contributed by atoms with Gasteiger partial charge >= 0.3 is 0 Å². The first kappa shape index (κ1) is 16.9. The summed E-state index contributed by atoms with van der Waals surface area (Å²) < 4.78 is 30.5. The second-order valence-corrected chi connectivity index (χ2v) is 5.24. The minimum atomic E-state index is -4.21. The van der Waals surface area contributed by atoms with Gasteiger partial charge in [-0.05, 0) is 36.4 Å². The standard InChI is InChI=1S/C13H11NO4S.Na/c15-13(10-4-2-1-3-5-10)14-11-6-8-12(9-7-11)19(16,17)18;/h1-9H,(H,14,15)(H,16,17,18);. The molecule has 0 heterocycles. The van der Waals surface area contributed by atoms with Crippen molar-refractivity contribution >= 4 is 51.3 Å². The SMILES string of the molecule is O=C(Nc1ccc(S(=O)(=O)O)cc1)c1ccccc1.[Na]. The van der Waals surface area contributed by atoms with Gasteiger partial charge in [0.1, 0.15) is 0 Å². The molecule has 0 saturated carbocycles. The van der Waals surface area contributed by atoms with Gasteiger partial charge in [-0.2, -0.15) is 8.42 Å². The maximum atomic E-state index is 11.8. The van der Waals surface area contributed by atoms with Crippen molar-refractivity contribution in [1.82, 2.24) is 0 Å². The minimum absolute atomic E-state index is 0. The molecule has 0 saturated heterocycles. The molecule has 0 atom stereocenters. The smallest absolute Gasteiger partial charge is 0.294 e. The van der Waals surface area contributed by atoms with Crippen molar-refractivity contribution < 1.29 is 17.8 Å². The maximum Gasteiger partial charge on any atom is 0.294 e. The zero-order chi connectivity index (χ0) is 13.9. The van der Waals surface area contributed by atoms with Crippen LogP contribution < -0.4 is 5.32 Å². The van der Waals surface area contributed by atoms with Gasteiger partial charge in [-0.25, -0.2) is 0 Å². The van der Waals surface area contributed by atoms with E-state index in [1.165, 1.54) is 24.3 Å². The topological polar surface area (TPSA) is 83.5 Å². The monoisotopic (exact) mass is 300 g/mol. The third-order valence-electron chi connectivity index (χ3n) is 2.45. The first-order chi connectivity index (χ1) is 8.97. The van der Waals surface area contributed by atoms with Gasteiger partial charge in [0.2, 0.25) is 0 Å². The molecule has 5 nitrogen and oxygen atoms in total. The molecule has 2 N–H and O–H groups in total. The summed E-state index contributed by atoms with van der Waals surface area (Å²) in [6.45, 7) is 0. The fourth-order valence-corrected chi connectivity index (χ4v) is 1.98. The summed E-state index contributed by atoms with van der Waals surface area (Å²) in [6, 6.07) is 13.9. The Hall–Kier alpha value is -1.18. The van der Waals surface area contributed by atoms with Crippen molar-refractivity contribution in [1.29, 1.82) is 0 Å². The molecule has 2 aromatic carbocycles. The van der Waals surface area contributed by atoms with E-state index in [2.05, 4.69) is 5.32 Å². The van der Waals surface area contributed by atoms with Crippen LogP contribution in [0.1, 0.15) is 10.4 Å². The molecular formula is C13H11NNaO4S. The molecule has 2 aromatic rings. The number of hydrogen-bond donors (Lipinski definition) is 2. The molecule has 0 aliphatic heterocycles. The largest absolute Gasteiger partial charge is 0.322 e. The molecule has 0 aliphatic rings. The number of benzene rings is 2. The summed E-state index contributed by atoms with van der Waals surface area (Å²) in [6.07, 6.45) is 0. The summed E-state index contributed by atoms with van der Waals surface area (Å²) in [7, 11) is -4.21. The van der Waals surface area contributed by atoms with Crippen molar-refractivity contribution in [3.05, 3.63) is 60.2 Å². The van der Waals surface area contributed by atoms with Crippen LogP contribution in [0.3, 0.4) is 0 Å². The quantitative estimate of drug-likeness (QED) is 0.669. The van der Waals surface area contributed by atoms with Gasteiger partial charge in [-0.3, -0.25) is 9.35 Å². The number of carbonyl (C=O) groups is 1. The van der Waals surface area contributed by atoms with Gasteiger partial charge in [0.15, 0.2) is 0 Å². The predicted molar refractivity (Wildman–Crippen MR) is 76.4 cm³/mol. The molecule has 2 rings (SSSR count). The average molecular weight is 300 g/mol. The van der Waals surface area contributed by atoms with Gasteiger partial charge < -0.3 is 5.32 Å². The Balaban J connectivity index is 0.00000200. The van der Waals surface area contributed by atoms with Crippen LogP contribution in [0.2, 0.25) is 0 Å². The van der Waals surface area contributed by atoms with Crippen LogP contribution in [0.4, 0.5) is 5.69 Å². The summed E-state index contributed by atoms with van der Waals surface area (Å²) >= 11 is 0. The average Bonchev–Trinajstić information content (AvgIpc) is 2.39. The summed E-state index contributed by atoms with van der Waals surface area (Å²) in [5.74, 6) is -0.291. The Morgan fingerprint density at radius 3 is 2.00 bits per heavy atom. The molecule has 7 heteroatoms. The Bertz CT molecular complexity index is 684. The molecule has 0 fully saturated rings. The van der Waals surface area contributed by atoms with E-state index in [-0.39, 0.29) is 40.4 Å². The number of nitrogens with one attached hydrogen (secondary N) is 1. The normalized spacial score (nSPS) is 10.4. The molecule has 0 aromatic heterocycles. The summed E-state index contributed by atoms with van der Waals surface area (Å²) in [5, 5.41) is 2.62. The molecular weight excluding hydrogens is 289 g/mol. The Morgan fingerprint density at radius 2 is 1.50 bits per heavy atom. The van der Waals surface area contributed by atoms with Gasteiger partial charge in [-0.1, -0.05) is 18.2 Å². The first-order valence-corrected chi connectivity index (χ1v) is 6.85. The Labute approximate surface area is 139 Å². The van der Waals surface area contributed by atoms with E-state index in [9.17, 15) is 13.2 Å². The third-order valence-corrected chi connectivity index (χ3v) is 3.31. The van der Waals surface area contributed by atoms with Gasteiger partial charge in [0.05, 0.1) is 4.90 Å². The van der Waals surface area contributed by atoms with E-state index in [1.807, 2.05) is 0 Å². The zero-order valence-electron chi connectivity index (χ0n) is 10.8. The molecule has 1 radical (unpaired) electrons. The second kappa shape index (κ2) is 7.01. The van der Waals surface area contributed by atoms with E-state index >= 15 is 0 Å². The summed E-state index contributed by atoms with van der Waals surface area (Å²) in [4.78, 5) is 11.6. The molecule has 20 heavy (non-hydrogen) atoms. The third kappa shape index (κ3) is 4.43. The van der Waals surface area contributed by atoms with Crippen molar-refractivity contribution in [2.24, 2.45) is 0 Å². The predicted octanol–water partition coefficient (Wildman–Crippen LogP) is 1.80. The van der Waals surface area contributed by atoms with Crippen molar-refractivity contribution in [2.75, 3.05) is 5.32 Å². The second-order valence-electron chi connectivity index (χ2n) is 3.82. The van der Waals surface area contributed by atoms with Gasteiger partial charge in [0, 0.05) is 40.8 Å². The van der Waals surface area contributed by atoms with Gasteiger partial charge in [0.25, 0.3) is 16.0 Å². The molecule has 0 aliphatic carbocycles. The number of carbonyl (C=O) groups excluding carboxylic acids is 1. The van der Waals surface area contributed by atoms with E-state index in [1.54, 1.807) is 30.3 Å². The van der Waals surface area contributed by atoms with Crippen LogP contribution in [0.5, 0.6) is 0 Å². The maximum absolute atomic E-state index is 11.8. The number of amides is 1. The van der Waals surface area contributed by atoms with Gasteiger partial charge in [-0.15, -0.1) is 0 Å². The van der Waals surface area contributed by atoms with Crippen LogP contribution >= 0.6 is 0 Å². The van der Waals surface area contributed by atoms with Crippen molar-refractivity contribution in [3.8, 4) is 0 Å².